The highest BCUT2D eigenvalue weighted by Crippen LogP contribution is 2.41. The van der Waals surface area contributed by atoms with Gasteiger partial charge in [0.1, 0.15) is 12.4 Å². The van der Waals surface area contributed by atoms with E-state index in [1.54, 1.807) is 42.5 Å². The molecule has 4 nitrogen and oxygen atoms in total. The van der Waals surface area contributed by atoms with Gasteiger partial charge in [0, 0.05) is 6.54 Å². The number of ether oxygens (including phenoxy) is 1. The molecule has 0 spiro atoms. The van der Waals surface area contributed by atoms with Gasteiger partial charge in [0.25, 0.3) is 10.0 Å². The van der Waals surface area contributed by atoms with Crippen LogP contribution in [0.25, 0.3) is 0 Å². The van der Waals surface area contributed by atoms with Crippen molar-refractivity contribution in [2.45, 2.75) is 30.5 Å². The zero-order valence-electron chi connectivity index (χ0n) is 17.1. The van der Waals surface area contributed by atoms with Crippen LogP contribution in [-0.2, 0) is 22.8 Å². The van der Waals surface area contributed by atoms with Gasteiger partial charge >= 0.3 is 6.18 Å². The van der Waals surface area contributed by atoms with Gasteiger partial charge in [-0.05, 0) is 54.7 Å². The summed E-state index contributed by atoms with van der Waals surface area (Å²) in [5, 5.41) is 0. The van der Waals surface area contributed by atoms with E-state index in [-0.39, 0.29) is 35.4 Å². The first kappa shape index (κ1) is 22.2. The monoisotopic (exact) mass is 461 g/mol. The van der Waals surface area contributed by atoms with Gasteiger partial charge in [-0.3, -0.25) is 4.31 Å². The lowest BCUT2D eigenvalue weighted by Crippen LogP contribution is -2.33. The molecule has 168 valence electrons. The predicted molar refractivity (Wildman–Crippen MR) is 116 cm³/mol. The van der Waals surface area contributed by atoms with Crippen LogP contribution < -0.4 is 9.04 Å². The molecular formula is C24H22F3NO3S. The van der Waals surface area contributed by atoms with E-state index in [2.05, 4.69) is 0 Å². The minimum absolute atomic E-state index is 0.0117. The molecule has 0 aliphatic heterocycles. The Bertz CT molecular complexity index is 1160. The second-order valence-electron chi connectivity index (χ2n) is 7.75. The fraction of sp³-hybridized carbons (Fsp3) is 0.250. The lowest BCUT2D eigenvalue weighted by Gasteiger charge is -2.27. The van der Waals surface area contributed by atoms with Crippen LogP contribution in [0.4, 0.5) is 18.9 Å². The fourth-order valence-electron chi connectivity index (χ4n) is 3.33. The summed E-state index contributed by atoms with van der Waals surface area (Å²) in [5.41, 5.74) is -0.0343. The molecule has 0 N–H and O–H groups in total. The molecule has 1 saturated carbocycles. The van der Waals surface area contributed by atoms with E-state index >= 15 is 0 Å². The molecule has 3 aromatic carbocycles. The molecule has 0 bridgehead atoms. The fourth-order valence-corrected chi connectivity index (χ4v) is 4.90. The maximum atomic E-state index is 13.5. The molecule has 3 aromatic rings. The number of nitrogens with zero attached hydrogens (tertiary/aromatic N) is 1. The molecule has 8 heteroatoms. The highest BCUT2D eigenvalue weighted by atomic mass is 32.2. The number of alkyl halides is 3. The second kappa shape index (κ2) is 8.86. The van der Waals surface area contributed by atoms with Crippen LogP contribution in [-0.4, -0.2) is 15.0 Å². The summed E-state index contributed by atoms with van der Waals surface area (Å²) in [7, 11) is -3.99. The number of sulfonamides is 1. The summed E-state index contributed by atoms with van der Waals surface area (Å²) in [6.07, 6.45) is -2.83. The van der Waals surface area contributed by atoms with Crippen LogP contribution in [0.5, 0.6) is 5.75 Å². The van der Waals surface area contributed by atoms with E-state index < -0.39 is 21.8 Å². The summed E-state index contributed by atoms with van der Waals surface area (Å²) >= 11 is 0. The molecule has 1 fully saturated rings. The third-order valence-electron chi connectivity index (χ3n) is 5.25. The maximum absolute atomic E-state index is 13.5. The Kier molecular flexibility index (Phi) is 6.15. The van der Waals surface area contributed by atoms with Gasteiger partial charge in [-0.25, -0.2) is 8.42 Å². The van der Waals surface area contributed by atoms with E-state index in [4.69, 9.17) is 4.74 Å². The topological polar surface area (TPSA) is 46.6 Å². The van der Waals surface area contributed by atoms with Gasteiger partial charge in [-0.15, -0.1) is 0 Å². The Labute approximate surface area is 185 Å². The van der Waals surface area contributed by atoms with Crippen molar-refractivity contribution in [1.29, 1.82) is 0 Å². The summed E-state index contributed by atoms with van der Waals surface area (Å²) in [6.45, 7) is 0.197. The highest BCUT2D eigenvalue weighted by Gasteiger charge is 2.36. The molecular weight excluding hydrogens is 439 g/mol. The van der Waals surface area contributed by atoms with E-state index in [0.717, 1.165) is 30.5 Å². The van der Waals surface area contributed by atoms with Crippen molar-refractivity contribution < 1.29 is 26.3 Å². The van der Waals surface area contributed by atoms with E-state index in [0.29, 0.717) is 0 Å². The standard InChI is InChI=1S/C24H22F3NO3S/c25-24(26,27)20-13-14-22(23(15-20)31-17-19-7-3-1-4-8-19)28(16-18-11-12-18)32(29,30)21-9-5-2-6-10-21/h1-10,13-15,18H,11-12,16-17H2. The van der Waals surface area contributed by atoms with E-state index in [1.165, 1.54) is 22.5 Å². The summed E-state index contributed by atoms with van der Waals surface area (Å²) in [4.78, 5) is 0.0783. The Hall–Kier alpha value is -3.00. The highest BCUT2D eigenvalue weighted by molar-refractivity contribution is 7.92. The molecule has 0 unspecified atom stereocenters. The zero-order valence-corrected chi connectivity index (χ0v) is 17.9. The van der Waals surface area contributed by atoms with Gasteiger partial charge in [-0.1, -0.05) is 48.5 Å². The Morgan fingerprint density at radius 3 is 2.12 bits per heavy atom. The van der Waals surface area contributed by atoms with Crippen molar-refractivity contribution >= 4 is 15.7 Å². The molecule has 4 rings (SSSR count). The number of rotatable bonds is 8. The predicted octanol–water partition coefficient (Wildman–Crippen LogP) is 5.89. The number of anilines is 1. The smallest absolute Gasteiger partial charge is 0.416 e. The Morgan fingerprint density at radius 2 is 1.53 bits per heavy atom. The molecule has 0 heterocycles. The molecule has 32 heavy (non-hydrogen) atoms. The number of benzene rings is 3. The molecule has 0 saturated heterocycles. The van der Waals surface area contributed by atoms with Gasteiger partial charge in [0.2, 0.25) is 0 Å². The molecule has 1 aliphatic carbocycles. The minimum Gasteiger partial charge on any atom is -0.487 e. The molecule has 0 aromatic heterocycles. The molecule has 0 radical (unpaired) electrons. The lowest BCUT2D eigenvalue weighted by atomic mass is 10.1. The average Bonchev–Trinajstić information content (AvgIpc) is 3.61. The quantitative estimate of drug-likeness (QED) is 0.420. The van der Waals surface area contributed by atoms with Crippen molar-refractivity contribution in [3.63, 3.8) is 0 Å². The van der Waals surface area contributed by atoms with Crippen molar-refractivity contribution in [1.82, 2.24) is 0 Å². The van der Waals surface area contributed by atoms with Crippen molar-refractivity contribution in [3.05, 3.63) is 90.0 Å². The van der Waals surface area contributed by atoms with Crippen molar-refractivity contribution in [3.8, 4) is 5.75 Å². The first-order valence-corrected chi connectivity index (χ1v) is 11.6. The van der Waals surface area contributed by atoms with E-state index in [9.17, 15) is 21.6 Å². The lowest BCUT2D eigenvalue weighted by molar-refractivity contribution is -0.137. The average molecular weight is 462 g/mol. The SMILES string of the molecule is O=S(=O)(c1ccccc1)N(CC1CC1)c1ccc(C(F)(F)F)cc1OCc1ccccc1. The maximum Gasteiger partial charge on any atom is 0.416 e. The van der Waals surface area contributed by atoms with Crippen LogP contribution >= 0.6 is 0 Å². The van der Waals surface area contributed by atoms with Crippen LogP contribution in [0.2, 0.25) is 0 Å². The zero-order chi connectivity index (χ0) is 22.8. The van der Waals surface area contributed by atoms with Gasteiger partial charge < -0.3 is 4.74 Å². The first-order valence-electron chi connectivity index (χ1n) is 10.2. The number of hydrogen-bond donors (Lipinski definition) is 0. The molecule has 0 amide bonds. The van der Waals surface area contributed by atoms with Crippen LogP contribution in [0.3, 0.4) is 0 Å². The van der Waals surface area contributed by atoms with Gasteiger partial charge in [0.15, 0.2) is 0 Å². The van der Waals surface area contributed by atoms with Gasteiger partial charge in [-0.2, -0.15) is 13.2 Å². The summed E-state index contributed by atoms with van der Waals surface area (Å²) < 4.78 is 74.0. The minimum atomic E-state index is -4.58. The molecule has 0 atom stereocenters. The Balaban J connectivity index is 1.77. The third kappa shape index (κ3) is 5.07. The number of halogens is 3. The second-order valence-corrected chi connectivity index (χ2v) is 9.61. The number of hydrogen-bond acceptors (Lipinski definition) is 3. The van der Waals surface area contributed by atoms with Crippen LogP contribution in [0.1, 0.15) is 24.0 Å². The van der Waals surface area contributed by atoms with Crippen LogP contribution in [0.15, 0.2) is 83.8 Å². The summed E-state index contributed by atoms with van der Waals surface area (Å²) in [6, 6.07) is 19.8. The molecule has 1 aliphatic rings. The first-order chi connectivity index (χ1) is 15.2. The van der Waals surface area contributed by atoms with E-state index in [1.807, 2.05) is 6.07 Å². The third-order valence-corrected chi connectivity index (χ3v) is 7.04. The van der Waals surface area contributed by atoms with Crippen molar-refractivity contribution in [2.24, 2.45) is 5.92 Å². The van der Waals surface area contributed by atoms with Gasteiger partial charge in [0.05, 0.1) is 16.1 Å². The summed E-state index contributed by atoms with van der Waals surface area (Å²) in [5.74, 6) is 0.0431. The van der Waals surface area contributed by atoms with Crippen molar-refractivity contribution in [2.75, 3.05) is 10.8 Å². The van der Waals surface area contributed by atoms with Crippen LogP contribution in [0, 0.1) is 5.92 Å². The normalized spacial score (nSPS) is 14.2. The largest absolute Gasteiger partial charge is 0.487 e. The Morgan fingerprint density at radius 1 is 0.906 bits per heavy atom.